The lowest BCUT2D eigenvalue weighted by Gasteiger charge is -2.35. The maximum absolute atomic E-state index is 5.51. The third-order valence-electron chi connectivity index (χ3n) is 4.03. The van der Waals surface area contributed by atoms with E-state index in [1.165, 1.54) is 31.4 Å². The van der Waals surface area contributed by atoms with Gasteiger partial charge in [-0.3, -0.25) is 4.99 Å². The minimum Gasteiger partial charge on any atom is -0.377 e. The molecular formula is C14H26N2OS. The van der Waals surface area contributed by atoms with Crippen molar-refractivity contribution in [1.82, 2.24) is 5.32 Å². The summed E-state index contributed by atoms with van der Waals surface area (Å²) in [4.78, 5) is 4.65. The predicted molar refractivity (Wildman–Crippen MR) is 79.3 cm³/mol. The number of thioether (sulfide) groups is 1. The molecule has 0 radical (unpaired) electrons. The molecule has 3 nitrogen and oxygen atoms in total. The highest BCUT2D eigenvalue weighted by Crippen LogP contribution is 2.38. The van der Waals surface area contributed by atoms with Gasteiger partial charge in [0.15, 0.2) is 5.17 Å². The molecule has 1 N–H and O–H groups in total. The summed E-state index contributed by atoms with van der Waals surface area (Å²) >= 11 is 1.89. The van der Waals surface area contributed by atoms with Gasteiger partial charge >= 0.3 is 0 Å². The van der Waals surface area contributed by atoms with Crippen molar-refractivity contribution in [3.8, 4) is 0 Å². The fourth-order valence-corrected chi connectivity index (χ4v) is 3.95. The summed E-state index contributed by atoms with van der Waals surface area (Å²) in [6.07, 6.45) is 5.56. The Morgan fingerprint density at radius 1 is 1.50 bits per heavy atom. The van der Waals surface area contributed by atoms with E-state index in [0.29, 0.717) is 5.54 Å². The fourth-order valence-electron chi connectivity index (χ4n) is 2.72. The second-order valence-electron chi connectivity index (χ2n) is 5.79. The molecule has 0 aromatic heterocycles. The van der Waals surface area contributed by atoms with Gasteiger partial charge in [0.05, 0.1) is 12.6 Å². The first kappa shape index (κ1) is 14.2. The number of hydrogen-bond donors (Lipinski definition) is 1. The van der Waals surface area contributed by atoms with Crippen molar-refractivity contribution in [1.29, 1.82) is 0 Å². The Morgan fingerprint density at radius 3 is 2.89 bits per heavy atom. The van der Waals surface area contributed by atoms with Gasteiger partial charge in [0.1, 0.15) is 0 Å². The molecule has 104 valence electrons. The quantitative estimate of drug-likeness (QED) is 0.852. The van der Waals surface area contributed by atoms with E-state index >= 15 is 0 Å². The summed E-state index contributed by atoms with van der Waals surface area (Å²) in [6, 6.07) is 0. The van der Waals surface area contributed by atoms with Crippen LogP contribution in [0.2, 0.25) is 0 Å². The van der Waals surface area contributed by atoms with Gasteiger partial charge in [0.2, 0.25) is 0 Å². The summed E-state index contributed by atoms with van der Waals surface area (Å²) in [5.41, 5.74) is 0.352. The molecule has 1 unspecified atom stereocenters. The molecule has 2 rings (SSSR count). The molecule has 2 aliphatic rings. The summed E-state index contributed by atoms with van der Waals surface area (Å²) in [7, 11) is 0. The first-order valence-corrected chi connectivity index (χ1v) is 8.19. The molecule has 1 saturated carbocycles. The van der Waals surface area contributed by atoms with E-state index in [1.807, 2.05) is 18.7 Å². The highest BCUT2D eigenvalue weighted by molar-refractivity contribution is 8.14. The van der Waals surface area contributed by atoms with E-state index in [4.69, 9.17) is 4.74 Å². The maximum atomic E-state index is 5.51. The van der Waals surface area contributed by atoms with E-state index in [9.17, 15) is 0 Å². The van der Waals surface area contributed by atoms with Crippen molar-refractivity contribution in [3.05, 3.63) is 0 Å². The molecule has 1 aliphatic heterocycles. The molecule has 1 heterocycles. The SMILES string of the molecule is CCOC(C)CN=C1NC2(CCC(C)CC2)CS1. The minimum atomic E-state index is 0.229. The highest BCUT2D eigenvalue weighted by Gasteiger charge is 2.39. The largest absolute Gasteiger partial charge is 0.377 e. The van der Waals surface area contributed by atoms with Gasteiger partial charge < -0.3 is 10.1 Å². The van der Waals surface area contributed by atoms with E-state index in [0.717, 1.165) is 24.2 Å². The van der Waals surface area contributed by atoms with E-state index in [-0.39, 0.29) is 6.10 Å². The van der Waals surface area contributed by atoms with Gasteiger partial charge in [-0.05, 0) is 45.4 Å². The molecule has 0 amide bonds. The van der Waals surface area contributed by atoms with Crippen molar-refractivity contribution >= 4 is 16.9 Å². The van der Waals surface area contributed by atoms with Crippen molar-refractivity contribution in [2.75, 3.05) is 18.9 Å². The number of nitrogens with zero attached hydrogens (tertiary/aromatic N) is 1. The van der Waals surface area contributed by atoms with E-state index in [2.05, 4.69) is 24.2 Å². The Bertz CT molecular complexity index is 298. The Balaban J connectivity index is 1.82. The number of ether oxygens (including phenoxy) is 1. The smallest absolute Gasteiger partial charge is 0.157 e. The van der Waals surface area contributed by atoms with Crippen molar-refractivity contribution in [3.63, 3.8) is 0 Å². The first-order valence-electron chi connectivity index (χ1n) is 7.20. The summed E-state index contributed by atoms with van der Waals surface area (Å²) in [5, 5.41) is 4.82. The highest BCUT2D eigenvalue weighted by atomic mass is 32.2. The Labute approximate surface area is 115 Å². The average molecular weight is 270 g/mol. The van der Waals surface area contributed by atoms with Crippen LogP contribution in [-0.4, -0.2) is 35.7 Å². The second-order valence-corrected chi connectivity index (χ2v) is 6.75. The molecule has 1 atom stereocenters. The van der Waals surface area contributed by atoms with E-state index in [1.54, 1.807) is 0 Å². The van der Waals surface area contributed by atoms with Crippen molar-refractivity contribution in [2.24, 2.45) is 10.9 Å². The van der Waals surface area contributed by atoms with Crippen LogP contribution in [0, 0.1) is 5.92 Å². The molecule has 0 aromatic rings. The third kappa shape index (κ3) is 3.64. The Morgan fingerprint density at radius 2 is 2.22 bits per heavy atom. The van der Waals surface area contributed by atoms with Gasteiger partial charge in [0.25, 0.3) is 0 Å². The summed E-state index contributed by atoms with van der Waals surface area (Å²) in [5.74, 6) is 2.10. The third-order valence-corrected chi connectivity index (χ3v) is 5.23. The summed E-state index contributed by atoms with van der Waals surface area (Å²) in [6.45, 7) is 8.04. The zero-order valence-corrected chi connectivity index (χ0v) is 12.7. The molecule has 0 bridgehead atoms. The maximum Gasteiger partial charge on any atom is 0.157 e. The Kier molecular flexibility index (Phi) is 4.96. The zero-order chi connectivity index (χ0) is 13.0. The Hall–Kier alpha value is -0.220. The van der Waals surface area contributed by atoms with Crippen LogP contribution in [0.1, 0.15) is 46.5 Å². The average Bonchev–Trinajstić information content (AvgIpc) is 2.75. The number of aliphatic imine (C=N–C) groups is 1. The van der Waals surface area contributed by atoms with Crippen LogP contribution in [0.3, 0.4) is 0 Å². The number of rotatable bonds is 4. The predicted octanol–water partition coefficient (Wildman–Crippen LogP) is 3.05. The van der Waals surface area contributed by atoms with E-state index < -0.39 is 0 Å². The van der Waals surface area contributed by atoms with Gasteiger partial charge in [-0.25, -0.2) is 0 Å². The molecule has 1 spiro atoms. The van der Waals surface area contributed by atoms with Crippen molar-refractivity contribution < 1.29 is 4.74 Å². The molecule has 1 saturated heterocycles. The van der Waals surface area contributed by atoms with Crippen LogP contribution >= 0.6 is 11.8 Å². The zero-order valence-electron chi connectivity index (χ0n) is 11.9. The van der Waals surface area contributed by atoms with Crippen LogP contribution in [-0.2, 0) is 4.74 Å². The number of nitrogens with one attached hydrogen (secondary N) is 1. The summed E-state index contributed by atoms with van der Waals surface area (Å²) < 4.78 is 5.51. The van der Waals surface area contributed by atoms with Gasteiger partial charge in [-0.2, -0.15) is 0 Å². The van der Waals surface area contributed by atoms with Crippen LogP contribution < -0.4 is 5.32 Å². The molecule has 18 heavy (non-hydrogen) atoms. The molecule has 0 aromatic carbocycles. The topological polar surface area (TPSA) is 33.6 Å². The lowest BCUT2D eigenvalue weighted by Crippen LogP contribution is -2.46. The van der Waals surface area contributed by atoms with Crippen LogP contribution in [0.15, 0.2) is 4.99 Å². The lowest BCUT2D eigenvalue weighted by molar-refractivity contribution is 0.0829. The van der Waals surface area contributed by atoms with Gasteiger partial charge in [-0.15, -0.1) is 0 Å². The van der Waals surface area contributed by atoms with Crippen LogP contribution in [0.25, 0.3) is 0 Å². The number of amidine groups is 1. The van der Waals surface area contributed by atoms with Gasteiger partial charge in [-0.1, -0.05) is 18.7 Å². The van der Waals surface area contributed by atoms with Crippen LogP contribution in [0.4, 0.5) is 0 Å². The molecule has 2 fully saturated rings. The molecule has 4 heteroatoms. The first-order chi connectivity index (χ1) is 8.63. The minimum absolute atomic E-state index is 0.229. The molecule has 1 aliphatic carbocycles. The standard InChI is InChI=1S/C14H26N2OS/c1-4-17-12(3)9-15-13-16-14(10-18-13)7-5-11(2)6-8-14/h11-12H,4-10H2,1-3H3,(H,15,16). The van der Waals surface area contributed by atoms with Crippen molar-refractivity contribution in [2.45, 2.75) is 58.1 Å². The monoisotopic (exact) mass is 270 g/mol. The number of hydrogen-bond acceptors (Lipinski definition) is 3. The lowest BCUT2D eigenvalue weighted by atomic mass is 9.78. The molecular weight excluding hydrogens is 244 g/mol. The normalized spacial score (nSPS) is 35.9. The fraction of sp³-hybridized carbons (Fsp3) is 0.929. The van der Waals surface area contributed by atoms with Gasteiger partial charge in [0, 0.05) is 17.9 Å². The second kappa shape index (κ2) is 6.29. The van der Waals surface area contributed by atoms with Crippen LogP contribution in [0.5, 0.6) is 0 Å².